The Bertz CT molecular complexity index is 255. The highest BCUT2D eigenvalue weighted by atomic mass is 16.3. The zero-order chi connectivity index (χ0) is 8.59. The number of aliphatic hydroxyl groups is 1. The van der Waals surface area contributed by atoms with Crippen molar-refractivity contribution in [3.63, 3.8) is 0 Å². The summed E-state index contributed by atoms with van der Waals surface area (Å²) in [6.07, 6.45) is 0. The van der Waals surface area contributed by atoms with Crippen LogP contribution in [0.2, 0.25) is 0 Å². The molecule has 1 aliphatic rings. The molecule has 1 amide bonds. The molecule has 0 aromatic heterocycles. The molecule has 0 saturated carbocycles. The summed E-state index contributed by atoms with van der Waals surface area (Å²) in [6.45, 7) is 3.40. The van der Waals surface area contributed by atoms with Gasteiger partial charge in [0.2, 0.25) is 0 Å². The molecular formula is C6H9N3O2. The van der Waals surface area contributed by atoms with Gasteiger partial charge >= 0.3 is 0 Å². The number of carbonyl (C=O) groups excluding carboxylic acids is 1. The van der Waals surface area contributed by atoms with Gasteiger partial charge in [0.05, 0.1) is 5.70 Å². The van der Waals surface area contributed by atoms with Crippen LogP contribution in [0.25, 0.3) is 0 Å². The van der Waals surface area contributed by atoms with Crippen molar-refractivity contribution in [3.8, 4) is 0 Å². The molecule has 1 aliphatic heterocycles. The van der Waals surface area contributed by atoms with Crippen molar-refractivity contribution in [2.75, 3.05) is 7.05 Å². The van der Waals surface area contributed by atoms with Gasteiger partial charge in [-0.2, -0.15) is 0 Å². The van der Waals surface area contributed by atoms with Gasteiger partial charge in [-0.05, 0) is 0 Å². The van der Waals surface area contributed by atoms with E-state index in [0.717, 1.165) is 5.01 Å². The largest absolute Gasteiger partial charge is 0.504 e. The van der Waals surface area contributed by atoms with Gasteiger partial charge in [-0.1, -0.05) is 6.58 Å². The maximum absolute atomic E-state index is 10.9. The third kappa shape index (κ3) is 1.05. The molecule has 5 heteroatoms. The second-order valence-corrected chi connectivity index (χ2v) is 2.24. The van der Waals surface area contributed by atoms with E-state index in [9.17, 15) is 9.90 Å². The molecule has 0 fully saturated rings. The van der Waals surface area contributed by atoms with Crippen LogP contribution >= 0.6 is 0 Å². The van der Waals surface area contributed by atoms with Crippen molar-refractivity contribution in [1.29, 1.82) is 0 Å². The number of nitrogens with two attached hydrogens (primary N) is 1. The number of likely N-dealkylation sites (N-methyl/N-ethyl adjacent to an activating group) is 1. The van der Waals surface area contributed by atoms with Crippen molar-refractivity contribution >= 4 is 5.91 Å². The Morgan fingerprint density at radius 3 is 2.45 bits per heavy atom. The molecule has 0 radical (unpaired) electrons. The molecule has 0 aromatic carbocycles. The summed E-state index contributed by atoms with van der Waals surface area (Å²) in [7, 11) is 1.46. The number of hydrazine groups is 1. The van der Waals surface area contributed by atoms with Gasteiger partial charge in [0.25, 0.3) is 5.91 Å². The van der Waals surface area contributed by atoms with Gasteiger partial charge in [-0.25, -0.2) is 5.84 Å². The number of aliphatic hydroxyl groups excluding tert-OH is 1. The van der Waals surface area contributed by atoms with Crippen molar-refractivity contribution in [1.82, 2.24) is 10.3 Å². The lowest BCUT2D eigenvalue weighted by atomic mass is 10.3. The quantitative estimate of drug-likeness (QED) is 0.342. The first-order valence-electron chi connectivity index (χ1n) is 2.96. The molecule has 0 unspecified atom stereocenters. The smallest absolute Gasteiger partial charge is 0.277 e. The van der Waals surface area contributed by atoms with Gasteiger partial charge in [0.1, 0.15) is 0 Å². The first-order valence-corrected chi connectivity index (χ1v) is 2.96. The lowest BCUT2D eigenvalue weighted by Gasteiger charge is -2.09. The molecule has 0 saturated heterocycles. The lowest BCUT2D eigenvalue weighted by molar-refractivity contribution is -0.117. The highest BCUT2D eigenvalue weighted by Gasteiger charge is 2.27. The van der Waals surface area contributed by atoms with E-state index < -0.39 is 5.91 Å². The van der Waals surface area contributed by atoms with Crippen LogP contribution in [-0.4, -0.2) is 23.1 Å². The van der Waals surface area contributed by atoms with E-state index in [2.05, 4.69) is 11.9 Å². The minimum Gasteiger partial charge on any atom is -0.504 e. The number of nitrogens with zero attached hydrogens (tertiary/aromatic N) is 1. The van der Waals surface area contributed by atoms with Crippen molar-refractivity contribution in [3.05, 3.63) is 23.7 Å². The number of nitrogens with one attached hydrogen (secondary N) is 1. The summed E-state index contributed by atoms with van der Waals surface area (Å²) >= 11 is 0. The lowest BCUT2D eigenvalue weighted by Crippen LogP contribution is -2.31. The molecule has 0 spiro atoms. The Labute approximate surface area is 63.8 Å². The number of amides is 1. The van der Waals surface area contributed by atoms with Crippen LogP contribution in [0.3, 0.4) is 0 Å². The topological polar surface area (TPSA) is 78.6 Å². The van der Waals surface area contributed by atoms with E-state index in [-0.39, 0.29) is 17.2 Å². The fraction of sp³-hybridized carbons (Fsp3) is 0.167. The predicted molar refractivity (Wildman–Crippen MR) is 38.9 cm³/mol. The van der Waals surface area contributed by atoms with Crippen LogP contribution in [0.15, 0.2) is 23.7 Å². The number of carbonyl (C=O) groups is 1. The molecule has 0 bridgehead atoms. The number of hydrogen-bond acceptors (Lipinski definition) is 4. The van der Waals surface area contributed by atoms with E-state index >= 15 is 0 Å². The van der Waals surface area contributed by atoms with Crippen LogP contribution in [0.4, 0.5) is 0 Å². The summed E-state index contributed by atoms with van der Waals surface area (Å²) in [5, 5.41) is 12.5. The summed E-state index contributed by atoms with van der Waals surface area (Å²) in [5.41, 5.74) is 0.220. The molecular weight excluding hydrogens is 146 g/mol. The van der Waals surface area contributed by atoms with Crippen LogP contribution in [0.1, 0.15) is 0 Å². The minimum absolute atomic E-state index is 0.0370. The average Bonchev–Trinajstić information content (AvgIpc) is 2.07. The summed E-state index contributed by atoms with van der Waals surface area (Å²) in [6, 6.07) is 0. The van der Waals surface area contributed by atoms with Crippen LogP contribution in [0.5, 0.6) is 0 Å². The SMILES string of the molecule is C=C1NC(=O)C(N(C)N)=C1O. The first-order chi connectivity index (χ1) is 5.04. The van der Waals surface area contributed by atoms with Gasteiger partial charge in [0, 0.05) is 7.05 Å². The zero-order valence-corrected chi connectivity index (χ0v) is 6.09. The molecule has 0 aromatic rings. The summed E-state index contributed by atoms with van der Waals surface area (Å²) in [5.74, 6) is 4.63. The molecule has 1 heterocycles. The maximum atomic E-state index is 10.9. The molecule has 0 atom stereocenters. The Kier molecular flexibility index (Phi) is 1.58. The predicted octanol–water partition coefficient (Wildman–Crippen LogP) is -0.795. The van der Waals surface area contributed by atoms with Gasteiger partial charge in [0.15, 0.2) is 11.5 Å². The van der Waals surface area contributed by atoms with E-state index in [4.69, 9.17) is 5.84 Å². The van der Waals surface area contributed by atoms with Crippen molar-refractivity contribution < 1.29 is 9.90 Å². The van der Waals surface area contributed by atoms with E-state index in [1.807, 2.05) is 0 Å². The van der Waals surface area contributed by atoms with Gasteiger partial charge in [-0.15, -0.1) is 0 Å². The standard InChI is InChI=1S/C6H9N3O2/c1-3-5(10)4(9(2)7)6(11)8-3/h10H,1,7H2,2H3,(H,8,11). The second kappa shape index (κ2) is 2.28. The second-order valence-electron chi connectivity index (χ2n) is 2.24. The van der Waals surface area contributed by atoms with Crippen LogP contribution < -0.4 is 11.2 Å². The highest BCUT2D eigenvalue weighted by molar-refractivity contribution is 5.98. The van der Waals surface area contributed by atoms with Gasteiger partial charge < -0.3 is 15.4 Å². The Morgan fingerprint density at radius 2 is 2.27 bits per heavy atom. The maximum Gasteiger partial charge on any atom is 0.277 e. The highest BCUT2D eigenvalue weighted by Crippen LogP contribution is 2.16. The molecule has 11 heavy (non-hydrogen) atoms. The third-order valence-electron chi connectivity index (χ3n) is 1.34. The number of rotatable bonds is 1. The molecule has 4 N–H and O–H groups in total. The Hall–Kier alpha value is -1.49. The normalized spacial score (nSPS) is 17.3. The fourth-order valence-corrected chi connectivity index (χ4v) is 0.833. The molecule has 0 aliphatic carbocycles. The van der Waals surface area contributed by atoms with Crippen LogP contribution in [-0.2, 0) is 4.79 Å². The number of hydrogen-bond donors (Lipinski definition) is 3. The zero-order valence-electron chi connectivity index (χ0n) is 6.09. The minimum atomic E-state index is -0.433. The Balaban J connectivity index is 3.07. The Morgan fingerprint density at radius 1 is 1.73 bits per heavy atom. The molecule has 60 valence electrons. The molecule has 1 rings (SSSR count). The van der Waals surface area contributed by atoms with E-state index in [1.54, 1.807) is 0 Å². The van der Waals surface area contributed by atoms with Crippen molar-refractivity contribution in [2.24, 2.45) is 5.84 Å². The molecule has 5 nitrogen and oxygen atoms in total. The average molecular weight is 155 g/mol. The van der Waals surface area contributed by atoms with Crippen LogP contribution in [0, 0.1) is 0 Å². The fourth-order valence-electron chi connectivity index (χ4n) is 0.833. The monoisotopic (exact) mass is 155 g/mol. The third-order valence-corrected chi connectivity index (χ3v) is 1.34. The van der Waals surface area contributed by atoms with Crippen molar-refractivity contribution in [2.45, 2.75) is 0 Å². The van der Waals surface area contributed by atoms with Gasteiger partial charge in [-0.3, -0.25) is 4.79 Å². The first kappa shape index (κ1) is 7.62. The summed E-state index contributed by atoms with van der Waals surface area (Å²) in [4.78, 5) is 10.9. The summed E-state index contributed by atoms with van der Waals surface area (Å²) < 4.78 is 0. The van der Waals surface area contributed by atoms with E-state index in [0.29, 0.717) is 0 Å². The van der Waals surface area contributed by atoms with E-state index in [1.165, 1.54) is 7.05 Å².